The van der Waals surface area contributed by atoms with E-state index >= 15 is 0 Å². The van der Waals surface area contributed by atoms with Gasteiger partial charge in [-0.15, -0.1) is 0 Å². The first-order chi connectivity index (χ1) is 10.7. The molecule has 1 heterocycles. The Hall–Kier alpha value is -0.820. The Labute approximate surface area is 149 Å². The van der Waals surface area contributed by atoms with Crippen LogP contribution in [0.4, 0.5) is 0 Å². The molecule has 1 aromatic carbocycles. The lowest BCUT2D eigenvalue weighted by molar-refractivity contribution is -0.135. The molecule has 1 unspecified atom stereocenters. The van der Waals surface area contributed by atoms with Gasteiger partial charge >= 0.3 is 0 Å². The summed E-state index contributed by atoms with van der Waals surface area (Å²) in [5, 5.41) is 0. The molecule has 0 radical (unpaired) electrons. The molecular weight excluding hydrogens is 292 g/mol. The normalized spacial score (nSPS) is 26.8. The van der Waals surface area contributed by atoms with Crippen LogP contribution in [0.3, 0.4) is 0 Å². The summed E-state index contributed by atoms with van der Waals surface area (Å²) in [6.45, 7) is 23.5. The highest BCUT2D eigenvalue weighted by Gasteiger charge is 2.63. The second-order valence-electron chi connectivity index (χ2n) is 10.5. The molecule has 2 aliphatic rings. The zero-order chi connectivity index (χ0) is 18.3. The quantitative estimate of drug-likeness (QED) is 0.538. The van der Waals surface area contributed by atoms with Gasteiger partial charge in [-0.1, -0.05) is 40.7 Å². The molecule has 1 saturated carbocycles. The van der Waals surface area contributed by atoms with Crippen LogP contribution >= 0.6 is 0 Å². The van der Waals surface area contributed by atoms with Crippen LogP contribution in [-0.2, 0) is 10.2 Å². The van der Waals surface area contributed by atoms with E-state index in [0.29, 0.717) is 5.92 Å². The van der Waals surface area contributed by atoms with Crippen molar-refractivity contribution in [3.05, 3.63) is 33.9 Å². The zero-order valence-corrected chi connectivity index (χ0v) is 17.5. The van der Waals surface area contributed by atoms with Gasteiger partial charge < -0.3 is 4.74 Å². The number of rotatable bonds is 0. The van der Waals surface area contributed by atoms with E-state index in [1.165, 1.54) is 29.5 Å². The lowest BCUT2D eigenvalue weighted by Crippen LogP contribution is -2.45. The van der Waals surface area contributed by atoms with Crippen molar-refractivity contribution in [2.24, 2.45) is 5.41 Å². The number of ether oxygens (including phenoxy) is 1. The first-order valence-electron chi connectivity index (χ1n) is 9.56. The Morgan fingerprint density at radius 1 is 0.958 bits per heavy atom. The van der Waals surface area contributed by atoms with Gasteiger partial charge in [-0.3, -0.25) is 0 Å². The van der Waals surface area contributed by atoms with Crippen LogP contribution in [0.25, 0.3) is 0 Å². The number of aryl methyl sites for hydroxylation is 2. The smallest absolute Gasteiger partial charge is 0.0783 e. The molecule has 0 bridgehead atoms. The fraction of sp³-hybridized carbons (Fsp3) is 0.739. The number of hydrogen-bond donors (Lipinski definition) is 0. The standard InChI is InChI=1S/C23H36O/c1-14-13-15(2)17-18(16(14)3)21(7,8)23(11-12-23)24-22(9,10)19(17)20(4,5)6/h13,19H,11-12H2,1-10H3. The van der Waals surface area contributed by atoms with E-state index in [1.807, 2.05) is 0 Å². The van der Waals surface area contributed by atoms with E-state index in [1.54, 1.807) is 11.1 Å². The SMILES string of the molecule is Cc1cc(C)c2c(c1C)C(C)(C)C1(CC1)OC(C)(C)C2C(C)(C)C. The molecule has 1 fully saturated rings. The second kappa shape index (κ2) is 4.87. The average molecular weight is 329 g/mol. The lowest BCUT2D eigenvalue weighted by atomic mass is 9.63. The summed E-state index contributed by atoms with van der Waals surface area (Å²) in [6.07, 6.45) is 2.37. The molecule has 1 atom stereocenters. The molecule has 1 aliphatic carbocycles. The molecule has 134 valence electrons. The third kappa shape index (κ3) is 2.30. The summed E-state index contributed by atoms with van der Waals surface area (Å²) < 4.78 is 6.98. The van der Waals surface area contributed by atoms with E-state index < -0.39 is 0 Å². The van der Waals surface area contributed by atoms with E-state index in [2.05, 4.69) is 75.3 Å². The van der Waals surface area contributed by atoms with E-state index in [0.717, 1.165) is 0 Å². The monoisotopic (exact) mass is 328 g/mol. The van der Waals surface area contributed by atoms with Crippen LogP contribution in [0.1, 0.15) is 95.0 Å². The molecular formula is C23H36O. The third-order valence-electron chi connectivity index (χ3n) is 6.87. The minimum Gasteiger partial charge on any atom is -0.368 e. The fourth-order valence-corrected chi connectivity index (χ4v) is 5.87. The van der Waals surface area contributed by atoms with Crippen LogP contribution in [-0.4, -0.2) is 11.2 Å². The van der Waals surface area contributed by atoms with Gasteiger partial charge in [-0.25, -0.2) is 0 Å². The van der Waals surface area contributed by atoms with Crippen molar-refractivity contribution in [3.63, 3.8) is 0 Å². The largest absolute Gasteiger partial charge is 0.368 e. The zero-order valence-electron chi connectivity index (χ0n) is 17.5. The minimum atomic E-state index is -0.163. The van der Waals surface area contributed by atoms with Gasteiger partial charge in [0.15, 0.2) is 0 Å². The topological polar surface area (TPSA) is 9.23 Å². The summed E-state index contributed by atoms with van der Waals surface area (Å²) in [5.74, 6) is 0.388. The number of benzene rings is 1. The highest BCUT2D eigenvalue weighted by molar-refractivity contribution is 5.54. The van der Waals surface area contributed by atoms with Crippen molar-refractivity contribution in [1.29, 1.82) is 0 Å². The highest BCUT2D eigenvalue weighted by atomic mass is 16.5. The Morgan fingerprint density at radius 3 is 1.96 bits per heavy atom. The maximum atomic E-state index is 6.98. The summed E-state index contributed by atoms with van der Waals surface area (Å²) in [6, 6.07) is 2.39. The minimum absolute atomic E-state index is 0.0102. The predicted octanol–water partition coefficient (Wildman–Crippen LogP) is 6.36. The van der Waals surface area contributed by atoms with Gasteiger partial charge in [0, 0.05) is 11.3 Å². The Balaban J connectivity index is 2.44. The molecule has 1 heteroatoms. The molecule has 0 saturated heterocycles. The van der Waals surface area contributed by atoms with Crippen LogP contribution < -0.4 is 0 Å². The van der Waals surface area contributed by atoms with Crippen molar-refractivity contribution >= 4 is 0 Å². The van der Waals surface area contributed by atoms with Crippen LogP contribution in [0, 0.1) is 26.2 Å². The molecule has 1 spiro atoms. The Kier molecular flexibility index (Phi) is 3.65. The maximum Gasteiger partial charge on any atom is 0.0783 e. The average Bonchev–Trinajstić information content (AvgIpc) is 3.13. The molecule has 24 heavy (non-hydrogen) atoms. The predicted molar refractivity (Wildman–Crippen MR) is 103 cm³/mol. The van der Waals surface area contributed by atoms with Crippen molar-refractivity contribution in [3.8, 4) is 0 Å². The maximum absolute atomic E-state index is 6.98. The van der Waals surface area contributed by atoms with Crippen molar-refractivity contribution in [1.82, 2.24) is 0 Å². The van der Waals surface area contributed by atoms with Gasteiger partial charge in [0.25, 0.3) is 0 Å². The van der Waals surface area contributed by atoms with Gasteiger partial charge in [0.05, 0.1) is 11.2 Å². The van der Waals surface area contributed by atoms with Crippen LogP contribution in [0.2, 0.25) is 0 Å². The van der Waals surface area contributed by atoms with Crippen molar-refractivity contribution < 1.29 is 4.74 Å². The number of hydrogen-bond acceptors (Lipinski definition) is 1. The summed E-state index contributed by atoms with van der Waals surface area (Å²) in [7, 11) is 0. The first kappa shape index (κ1) is 18.0. The van der Waals surface area contributed by atoms with E-state index in [9.17, 15) is 0 Å². The first-order valence-corrected chi connectivity index (χ1v) is 9.56. The van der Waals surface area contributed by atoms with E-state index in [4.69, 9.17) is 4.74 Å². The summed E-state index contributed by atoms with van der Waals surface area (Å²) in [5.41, 5.74) is 7.52. The molecule has 3 rings (SSSR count). The Bertz CT molecular complexity index is 681. The van der Waals surface area contributed by atoms with Crippen molar-refractivity contribution in [2.45, 2.75) is 105 Å². The van der Waals surface area contributed by atoms with Gasteiger partial charge in [0.2, 0.25) is 0 Å². The van der Waals surface area contributed by atoms with Crippen LogP contribution in [0.5, 0.6) is 0 Å². The van der Waals surface area contributed by atoms with Gasteiger partial charge in [-0.05, 0) is 80.7 Å². The summed E-state index contributed by atoms with van der Waals surface area (Å²) in [4.78, 5) is 0. The Morgan fingerprint density at radius 2 is 1.50 bits per heavy atom. The number of fused-ring (bicyclic) bond motifs is 1. The molecule has 0 aromatic heterocycles. The highest BCUT2D eigenvalue weighted by Crippen LogP contribution is 2.63. The molecule has 1 nitrogen and oxygen atoms in total. The van der Waals surface area contributed by atoms with Gasteiger partial charge in [-0.2, -0.15) is 0 Å². The third-order valence-corrected chi connectivity index (χ3v) is 6.87. The second-order valence-corrected chi connectivity index (χ2v) is 10.5. The molecule has 1 aromatic rings. The lowest BCUT2D eigenvalue weighted by Gasteiger charge is -2.44. The summed E-state index contributed by atoms with van der Waals surface area (Å²) >= 11 is 0. The van der Waals surface area contributed by atoms with Crippen molar-refractivity contribution in [2.75, 3.05) is 0 Å². The van der Waals surface area contributed by atoms with Gasteiger partial charge in [0.1, 0.15) is 0 Å². The molecule has 1 aliphatic heterocycles. The van der Waals surface area contributed by atoms with E-state index in [-0.39, 0.29) is 22.0 Å². The fourth-order valence-electron chi connectivity index (χ4n) is 5.87. The van der Waals surface area contributed by atoms with Crippen LogP contribution in [0.15, 0.2) is 6.07 Å². The molecule has 0 N–H and O–H groups in total. The molecule has 0 amide bonds.